The number of nitrogens with zero attached hydrogens (tertiary/aromatic N) is 2. The van der Waals surface area contributed by atoms with E-state index in [4.69, 9.17) is 15.2 Å². The zero-order valence-corrected chi connectivity index (χ0v) is 9.68. The molecule has 0 aliphatic rings. The zero-order chi connectivity index (χ0) is 12.3. The van der Waals surface area contributed by atoms with Crippen LogP contribution in [0.2, 0.25) is 0 Å². The minimum atomic E-state index is 0.472. The van der Waals surface area contributed by atoms with Gasteiger partial charge in [-0.3, -0.25) is 4.98 Å². The summed E-state index contributed by atoms with van der Waals surface area (Å²) in [7, 11) is 1.56. The number of anilines is 1. The van der Waals surface area contributed by atoms with Crippen LogP contribution in [-0.2, 0) is 0 Å². The molecule has 0 aliphatic carbocycles. The Bertz CT molecular complexity index is 529. The molecular weight excluding hydrogens is 218 g/mol. The van der Waals surface area contributed by atoms with Gasteiger partial charge in [0, 0.05) is 18.5 Å². The number of aromatic nitrogens is 2. The number of nitrogen functional groups attached to an aromatic ring is 1. The summed E-state index contributed by atoms with van der Waals surface area (Å²) < 4.78 is 10.7. The van der Waals surface area contributed by atoms with E-state index in [0.717, 1.165) is 5.69 Å². The molecule has 5 nitrogen and oxygen atoms in total. The van der Waals surface area contributed by atoms with Crippen LogP contribution in [0, 0.1) is 6.92 Å². The summed E-state index contributed by atoms with van der Waals surface area (Å²) in [6, 6.07) is 5.19. The lowest BCUT2D eigenvalue weighted by atomic mass is 10.3. The average Bonchev–Trinajstić information content (AvgIpc) is 2.34. The average molecular weight is 231 g/mol. The van der Waals surface area contributed by atoms with Gasteiger partial charge in [-0.2, -0.15) is 0 Å². The first-order chi connectivity index (χ1) is 8.20. The van der Waals surface area contributed by atoms with E-state index in [9.17, 15) is 0 Å². The number of methoxy groups -OCH3 is 1. The monoisotopic (exact) mass is 231 g/mol. The molecule has 0 aliphatic heterocycles. The molecule has 0 fully saturated rings. The van der Waals surface area contributed by atoms with Crippen molar-refractivity contribution in [1.29, 1.82) is 0 Å². The third kappa shape index (κ3) is 2.44. The van der Waals surface area contributed by atoms with Gasteiger partial charge in [-0.15, -0.1) is 0 Å². The summed E-state index contributed by atoms with van der Waals surface area (Å²) in [6.45, 7) is 1.83. The molecule has 5 heteroatoms. The summed E-state index contributed by atoms with van der Waals surface area (Å²) in [6.07, 6.45) is 3.20. The number of hydrogen-bond donors (Lipinski definition) is 1. The van der Waals surface area contributed by atoms with Gasteiger partial charge in [0.1, 0.15) is 11.5 Å². The lowest BCUT2D eigenvalue weighted by Gasteiger charge is -2.09. The van der Waals surface area contributed by atoms with Crippen molar-refractivity contribution in [2.24, 2.45) is 0 Å². The van der Waals surface area contributed by atoms with Gasteiger partial charge in [0.2, 0.25) is 5.88 Å². The van der Waals surface area contributed by atoms with Gasteiger partial charge in [-0.25, -0.2) is 4.98 Å². The number of hydrogen-bond acceptors (Lipinski definition) is 5. The van der Waals surface area contributed by atoms with Crippen LogP contribution >= 0.6 is 0 Å². The number of rotatable bonds is 3. The van der Waals surface area contributed by atoms with Crippen molar-refractivity contribution in [2.75, 3.05) is 12.8 Å². The van der Waals surface area contributed by atoms with Gasteiger partial charge in [0.25, 0.3) is 0 Å². The molecule has 17 heavy (non-hydrogen) atoms. The molecule has 0 radical (unpaired) electrons. The summed E-state index contributed by atoms with van der Waals surface area (Å²) in [5.74, 6) is 1.66. The van der Waals surface area contributed by atoms with Gasteiger partial charge in [0.05, 0.1) is 18.5 Å². The summed E-state index contributed by atoms with van der Waals surface area (Å²) >= 11 is 0. The Balaban J connectivity index is 2.28. The normalized spacial score (nSPS) is 10.0. The van der Waals surface area contributed by atoms with Crippen LogP contribution in [0.4, 0.5) is 5.69 Å². The standard InChI is InChI=1S/C12H13N3O2/c1-8-12(15-6-5-14-8)17-9-3-4-10(13)11(7-9)16-2/h3-7H,13H2,1-2H3. The highest BCUT2D eigenvalue weighted by Gasteiger charge is 2.06. The number of aryl methyl sites for hydroxylation is 1. The molecule has 0 saturated carbocycles. The van der Waals surface area contributed by atoms with Crippen molar-refractivity contribution >= 4 is 5.69 Å². The highest BCUT2D eigenvalue weighted by Crippen LogP contribution is 2.29. The molecule has 2 aromatic rings. The van der Waals surface area contributed by atoms with E-state index in [2.05, 4.69) is 9.97 Å². The van der Waals surface area contributed by atoms with Crippen molar-refractivity contribution < 1.29 is 9.47 Å². The van der Waals surface area contributed by atoms with E-state index in [-0.39, 0.29) is 0 Å². The van der Waals surface area contributed by atoms with Crippen LogP contribution in [0.25, 0.3) is 0 Å². The maximum atomic E-state index is 5.71. The Morgan fingerprint density at radius 3 is 2.65 bits per heavy atom. The second-order valence-electron chi connectivity index (χ2n) is 3.45. The molecule has 0 atom stereocenters. The quantitative estimate of drug-likeness (QED) is 0.820. The second kappa shape index (κ2) is 4.69. The van der Waals surface area contributed by atoms with Gasteiger partial charge in [-0.1, -0.05) is 0 Å². The number of benzene rings is 1. The molecule has 88 valence electrons. The van der Waals surface area contributed by atoms with Crippen molar-refractivity contribution in [1.82, 2.24) is 9.97 Å². The largest absolute Gasteiger partial charge is 0.494 e. The Kier molecular flexibility index (Phi) is 3.09. The predicted molar refractivity (Wildman–Crippen MR) is 64.2 cm³/mol. The SMILES string of the molecule is COc1cc(Oc2nccnc2C)ccc1N. The number of nitrogens with two attached hydrogens (primary N) is 1. The van der Waals surface area contributed by atoms with E-state index in [1.165, 1.54) is 0 Å². The molecule has 2 rings (SSSR count). The van der Waals surface area contributed by atoms with E-state index in [1.807, 2.05) is 6.92 Å². The zero-order valence-electron chi connectivity index (χ0n) is 9.68. The van der Waals surface area contributed by atoms with Gasteiger partial charge in [-0.05, 0) is 19.1 Å². The maximum Gasteiger partial charge on any atom is 0.240 e. The van der Waals surface area contributed by atoms with E-state index < -0.39 is 0 Å². The molecule has 0 spiro atoms. The highest BCUT2D eigenvalue weighted by molar-refractivity contribution is 5.55. The molecule has 0 saturated heterocycles. The third-order valence-electron chi connectivity index (χ3n) is 2.26. The Hall–Kier alpha value is -2.30. The van der Waals surface area contributed by atoms with Crippen LogP contribution in [0.3, 0.4) is 0 Å². The minimum Gasteiger partial charge on any atom is -0.494 e. The first-order valence-corrected chi connectivity index (χ1v) is 5.09. The topological polar surface area (TPSA) is 70.3 Å². The molecule has 0 amide bonds. The number of ether oxygens (including phenoxy) is 2. The van der Waals surface area contributed by atoms with Crippen molar-refractivity contribution in [2.45, 2.75) is 6.92 Å². The lowest BCUT2D eigenvalue weighted by Crippen LogP contribution is -1.95. The van der Waals surface area contributed by atoms with Crippen molar-refractivity contribution in [3.63, 3.8) is 0 Å². The predicted octanol–water partition coefficient (Wildman–Crippen LogP) is 2.17. The first kappa shape index (κ1) is 11.2. The first-order valence-electron chi connectivity index (χ1n) is 5.09. The fourth-order valence-electron chi connectivity index (χ4n) is 1.36. The van der Waals surface area contributed by atoms with Crippen LogP contribution < -0.4 is 15.2 Å². The fourth-order valence-corrected chi connectivity index (χ4v) is 1.36. The van der Waals surface area contributed by atoms with Gasteiger partial charge < -0.3 is 15.2 Å². The van der Waals surface area contributed by atoms with E-state index >= 15 is 0 Å². The highest BCUT2D eigenvalue weighted by atomic mass is 16.5. The molecular formula is C12H13N3O2. The molecule has 0 bridgehead atoms. The van der Waals surface area contributed by atoms with Gasteiger partial charge >= 0.3 is 0 Å². The molecule has 1 aromatic heterocycles. The fraction of sp³-hybridized carbons (Fsp3) is 0.167. The maximum absolute atomic E-state index is 5.71. The van der Waals surface area contributed by atoms with Crippen LogP contribution in [0.5, 0.6) is 17.4 Å². The molecule has 1 heterocycles. The summed E-state index contributed by atoms with van der Waals surface area (Å²) in [5, 5.41) is 0. The molecule has 2 N–H and O–H groups in total. The van der Waals surface area contributed by atoms with Gasteiger partial charge in [0.15, 0.2) is 0 Å². The molecule has 0 unspecified atom stereocenters. The molecule has 1 aromatic carbocycles. The summed E-state index contributed by atoms with van der Waals surface area (Å²) in [5.41, 5.74) is 7.01. The summed E-state index contributed by atoms with van der Waals surface area (Å²) in [4.78, 5) is 8.19. The Morgan fingerprint density at radius 2 is 1.94 bits per heavy atom. The van der Waals surface area contributed by atoms with Crippen molar-refractivity contribution in [3.8, 4) is 17.4 Å². The van der Waals surface area contributed by atoms with Crippen LogP contribution in [-0.4, -0.2) is 17.1 Å². The Labute approximate surface area is 99.2 Å². The Morgan fingerprint density at radius 1 is 1.18 bits per heavy atom. The minimum absolute atomic E-state index is 0.472. The van der Waals surface area contributed by atoms with E-state index in [1.54, 1.807) is 37.7 Å². The smallest absolute Gasteiger partial charge is 0.240 e. The van der Waals surface area contributed by atoms with Crippen molar-refractivity contribution in [3.05, 3.63) is 36.3 Å². The van der Waals surface area contributed by atoms with Crippen LogP contribution in [0.15, 0.2) is 30.6 Å². The lowest BCUT2D eigenvalue weighted by molar-refractivity contribution is 0.408. The second-order valence-corrected chi connectivity index (χ2v) is 3.45. The van der Waals surface area contributed by atoms with Crippen LogP contribution in [0.1, 0.15) is 5.69 Å². The van der Waals surface area contributed by atoms with E-state index in [0.29, 0.717) is 23.1 Å². The third-order valence-corrected chi connectivity index (χ3v) is 2.26.